The Morgan fingerprint density at radius 2 is 1.81 bits per heavy atom. The summed E-state index contributed by atoms with van der Waals surface area (Å²) >= 11 is 12.3. The third-order valence-corrected chi connectivity index (χ3v) is 6.94. The van der Waals surface area contributed by atoms with E-state index in [-0.39, 0.29) is 47.4 Å². The SMILES string of the molecule is CC1C(/N=C(/NC(=O)C2CCCC(Cl)C2)NC2CC(F)CC(Cl)C2)NNC1C(F)(F)F. The van der Waals surface area contributed by atoms with Gasteiger partial charge < -0.3 is 5.32 Å². The van der Waals surface area contributed by atoms with Crippen LogP contribution in [0.4, 0.5) is 17.6 Å². The maximum atomic E-state index is 14.0. The summed E-state index contributed by atoms with van der Waals surface area (Å²) in [4.78, 5) is 17.1. The second-order valence-corrected chi connectivity index (χ2v) is 10.0. The molecule has 0 bridgehead atoms. The Balaban J connectivity index is 1.73. The fourth-order valence-electron chi connectivity index (χ4n) is 4.48. The quantitative estimate of drug-likeness (QED) is 0.212. The van der Waals surface area contributed by atoms with E-state index in [9.17, 15) is 22.4 Å². The van der Waals surface area contributed by atoms with E-state index in [4.69, 9.17) is 23.2 Å². The Morgan fingerprint density at radius 3 is 2.42 bits per heavy atom. The lowest BCUT2D eigenvalue weighted by atomic mass is 9.88. The van der Waals surface area contributed by atoms with Crippen LogP contribution in [-0.2, 0) is 4.79 Å². The van der Waals surface area contributed by atoms with Gasteiger partial charge in [-0.1, -0.05) is 13.3 Å². The van der Waals surface area contributed by atoms with Crippen LogP contribution in [-0.4, -0.2) is 53.2 Å². The van der Waals surface area contributed by atoms with Gasteiger partial charge >= 0.3 is 6.18 Å². The minimum Gasteiger partial charge on any atom is -0.353 e. The van der Waals surface area contributed by atoms with Crippen LogP contribution < -0.4 is 21.5 Å². The summed E-state index contributed by atoms with van der Waals surface area (Å²) in [5, 5.41) is 5.27. The van der Waals surface area contributed by atoms with Gasteiger partial charge in [0.15, 0.2) is 5.96 Å². The van der Waals surface area contributed by atoms with E-state index in [1.54, 1.807) is 0 Å². The highest BCUT2D eigenvalue weighted by Crippen LogP contribution is 2.31. The number of amides is 1. The largest absolute Gasteiger partial charge is 0.405 e. The standard InChI is InChI=1S/C19H29Cl2F4N5O/c1-9-15(19(23,24)25)29-30-16(9)27-18(26-14-7-12(21)6-13(22)8-14)28-17(31)10-3-2-4-11(20)5-10/h9-16,29-30H,2-8H2,1H3,(H2,26,27,28,31). The molecule has 0 aromatic rings. The van der Waals surface area contributed by atoms with E-state index in [0.717, 1.165) is 12.8 Å². The van der Waals surface area contributed by atoms with Crippen molar-refractivity contribution in [2.75, 3.05) is 0 Å². The molecule has 1 saturated heterocycles. The van der Waals surface area contributed by atoms with Crippen molar-refractivity contribution in [2.24, 2.45) is 16.8 Å². The molecule has 178 valence electrons. The zero-order valence-electron chi connectivity index (χ0n) is 17.2. The van der Waals surface area contributed by atoms with Gasteiger partial charge in [-0.05, 0) is 38.5 Å². The Labute approximate surface area is 189 Å². The number of hydrazine groups is 1. The molecule has 8 unspecified atom stereocenters. The number of nitrogens with one attached hydrogen (secondary N) is 4. The fourth-order valence-corrected chi connectivity index (χ4v) is 5.25. The van der Waals surface area contributed by atoms with Gasteiger partial charge in [0.2, 0.25) is 5.91 Å². The highest BCUT2D eigenvalue weighted by atomic mass is 35.5. The fraction of sp³-hybridized carbons (Fsp3) is 0.895. The highest BCUT2D eigenvalue weighted by molar-refractivity contribution is 6.21. The van der Waals surface area contributed by atoms with Crippen LogP contribution in [0.15, 0.2) is 4.99 Å². The molecule has 2 aliphatic carbocycles. The predicted molar refractivity (Wildman–Crippen MR) is 112 cm³/mol. The molecule has 4 N–H and O–H groups in total. The molecular formula is C19H29Cl2F4N5O. The van der Waals surface area contributed by atoms with Crippen LogP contribution in [0.2, 0.25) is 0 Å². The first-order chi connectivity index (χ1) is 14.5. The predicted octanol–water partition coefficient (Wildman–Crippen LogP) is 3.34. The summed E-state index contributed by atoms with van der Waals surface area (Å²) in [6.45, 7) is 1.42. The second-order valence-electron chi connectivity index (χ2n) is 8.78. The van der Waals surface area contributed by atoms with Gasteiger partial charge in [-0.25, -0.2) is 20.2 Å². The lowest BCUT2D eigenvalue weighted by Gasteiger charge is -2.31. The van der Waals surface area contributed by atoms with Crippen LogP contribution in [0.1, 0.15) is 51.9 Å². The topological polar surface area (TPSA) is 77.5 Å². The molecule has 0 aromatic heterocycles. The number of hydrogen-bond donors (Lipinski definition) is 4. The Morgan fingerprint density at radius 1 is 1.06 bits per heavy atom. The van der Waals surface area contributed by atoms with Crippen LogP contribution in [0.3, 0.4) is 0 Å². The maximum Gasteiger partial charge on any atom is 0.405 e. The van der Waals surface area contributed by atoms with Gasteiger partial charge in [0.05, 0.1) is 0 Å². The first kappa shape index (κ1) is 24.8. The van der Waals surface area contributed by atoms with E-state index in [2.05, 4.69) is 26.5 Å². The number of carbonyl (C=O) groups is 1. The van der Waals surface area contributed by atoms with E-state index in [1.807, 2.05) is 0 Å². The zero-order valence-corrected chi connectivity index (χ0v) is 18.7. The molecule has 0 radical (unpaired) electrons. The molecule has 0 spiro atoms. The van der Waals surface area contributed by atoms with Crippen LogP contribution >= 0.6 is 23.2 Å². The van der Waals surface area contributed by atoms with Crippen molar-refractivity contribution in [1.82, 2.24) is 21.5 Å². The van der Waals surface area contributed by atoms with Gasteiger partial charge in [-0.15, -0.1) is 23.2 Å². The molecule has 0 aromatic carbocycles. The Hall–Kier alpha value is -0.840. The van der Waals surface area contributed by atoms with Gasteiger partial charge in [0, 0.05) is 28.6 Å². The second kappa shape index (κ2) is 10.4. The minimum atomic E-state index is -4.44. The van der Waals surface area contributed by atoms with Crippen LogP contribution in [0.25, 0.3) is 0 Å². The number of aliphatic imine (C=N–C) groups is 1. The molecule has 31 heavy (non-hydrogen) atoms. The third kappa shape index (κ3) is 6.82. The third-order valence-electron chi connectivity index (χ3n) is 6.19. The molecule has 12 heteroatoms. The molecule has 1 amide bonds. The van der Waals surface area contributed by atoms with Crippen molar-refractivity contribution >= 4 is 35.1 Å². The van der Waals surface area contributed by atoms with E-state index in [1.165, 1.54) is 6.92 Å². The minimum absolute atomic E-state index is 0.0265. The van der Waals surface area contributed by atoms with Crippen molar-refractivity contribution in [3.05, 3.63) is 0 Å². The summed E-state index contributed by atoms with van der Waals surface area (Å²) < 4.78 is 53.5. The average Bonchev–Trinajstić information content (AvgIpc) is 3.01. The van der Waals surface area contributed by atoms with Crippen molar-refractivity contribution in [3.63, 3.8) is 0 Å². The first-order valence-electron chi connectivity index (χ1n) is 10.7. The number of carbonyl (C=O) groups excluding carboxylic acids is 1. The molecule has 1 heterocycles. The van der Waals surface area contributed by atoms with Crippen molar-refractivity contribution in [3.8, 4) is 0 Å². The van der Waals surface area contributed by atoms with Gasteiger partial charge in [-0.2, -0.15) is 13.2 Å². The van der Waals surface area contributed by atoms with Gasteiger partial charge in [-0.3, -0.25) is 10.1 Å². The number of guanidine groups is 1. The number of nitrogens with zero attached hydrogens (tertiary/aromatic N) is 1. The Bertz CT molecular complexity index is 658. The smallest absolute Gasteiger partial charge is 0.353 e. The maximum absolute atomic E-state index is 14.0. The molecule has 1 aliphatic heterocycles. The van der Waals surface area contributed by atoms with Gasteiger partial charge in [0.25, 0.3) is 0 Å². The van der Waals surface area contributed by atoms with E-state index >= 15 is 0 Å². The summed E-state index contributed by atoms with van der Waals surface area (Å²) in [6.07, 6.45) is -2.71. The van der Waals surface area contributed by atoms with Crippen molar-refractivity contribution in [1.29, 1.82) is 0 Å². The first-order valence-corrected chi connectivity index (χ1v) is 11.6. The highest BCUT2D eigenvalue weighted by Gasteiger charge is 2.49. The van der Waals surface area contributed by atoms with Gasteiger partial charge in [0.1, 0.15) is 18.4 Å². The average molecular weight is 490 g/mol. The summed E-state index contributed by atoms with van der Waals surface area (Å²) in [5.74, 6) is -1.49. The molecule has 2 saturated carbocycles. The summed E-state index contributed by atoms with van der Waals surface area (Å²) in [7, 11) is 0. The number of rotatable bonds is 3. The molecular weight excluding hydrogens is 461 g/mol. The lowest BCUT2D eigenvalue weighted by Crippen LogP contribution is -2.51. The molecule has 6 nitrogen and oxygen atoms in total. The normalized spacial score (nSPS) is 39.9. The van der Waals surface area contributed by atoms with E-state index in [0.29, 0.717) is 19.3 Å². The lowest BCUT2D eigenvalue weighted by molar-refractivity contribution is -0.160. The summed E-state index contributed by atoms with van der Waals surface area (Å²) in [6, 6.07) is -2.16. The molecule has 3 rings (SSSR count). The van der Waals surface area contributed by atoms with Crippen molar-refractivity contribution in [2.45, 2.75) is 93.2 Å². The molecule has 8 atom stereocenters. The summed E-state index contributed by atoms with van der Waals surface area (Å²) in [5.41, 5.74) is 4.76. The van der Waals surface area contributed by atoms with Crippen molar-refractivity contribution < 1.29 is 22.4 Å². The number of alkyl halides is 6. The van der Waals surface area contributed by atoms with Crippen LogP contribution in [0.5, 0.6) is 0 Å². The van der Waals surface area contributed by atoms with Crippen LogP contribution in [0, 0.1) is 11.8 Å². The van der Waals surface area contributed by atoms with E-state index < -0.39 is 30.5 Å². The molecule has 3 fully saturated rings. The number of hydrogen-bond acceptors (Lipinski definition) is 4. The number of halogens is 6. The Kier molecular flexibility index (Phi) is 8.32. The monoisotopic (exact) mass is 489 g/mol. The zero-order chi connectivity index (χ0) is 22.8. The molecule has 3 aliphatic rings.